The predicted octanol–water partition coefficient (Wildman–Crippen LogP) is 2.35. The van der Waals surface area contributed by atoms with Gasteiger partial charge in [0.1, 0.15) is 5.82 Å². The number of imidazole rings is 1. The molecule has 1 saturated heterocycles. The number of benzene rings is 1. The predicted molar refractivity (Wildman–Crippen MR) is 121 cm³/mol. The fraction of sp³-hybridized carbons (Fsp3) is 0.478. The monoisotopic (exact) mass is 422 g/mol. The molecule has 0 aliphatic carbocycles. The van der Waals surface area contributed by atoms with Crippen LogP contribution in [0.15, 0.2) is 41.5 Å². The molecule has 3 aromatic rings. The van der Waals surface area contributed by atoms with Crippen LogP contribution in [-0.2, 0) is 24.3 Å². The molecule has 1 N–H and O–H groups in total. The van der Waals surface area contributed by atoms with Crippen molar-refractivity contribution >= 4 is 22.8 Å². The molecule has 0 atom stereocenters. The quantitative estimate of drug-likeness (QED) is 0.535. The molecule has 0 spiro atoms. The van der Waals surface area contributed by atoms with Crippen molar-refractivity contribution in [3.05, 3.63) is 52.8 Å². The number of amides is 1. The van der Waals surface area contributed by atoms with E-state index in [0.29, 0.717) is 18.9 Å². The first kappa shape index (κ1) is 21.1. The number of fused-ring (bicyclic) bond motifs is 1. The Labute approximate surface area is 181 Å². The lowest BCUT2D eigenvalue weighted by atomic mass is 10.2. The van der Waals surface area contributed by atoms with Gasteiger partial charge in [0.15, 0.2) is 5.82 Å². The number of aromatic nitrogens is 4. The standard InChI is InChI=1S/C23H30N6O2/c1-2-20-24-12-17-27(20)15-7-11-25-21(30)10-16-29-19-9-4-3-8-18(19)26-22(23(29)31)28-13-5-6-14-28/h3-4,8-9,12,17H,2,5-7,10-11,13-16H2,1H3,(H,25,30). The van der Waals surface area contributed by atoms with Gasteiger partial charge in [-0.3, -0.25) is 9.59 Å². The number of para-hydroxylation sites is 2. The van der Waals surface area contributed by atoms with Gasteiger partial charge in [-0.1, -0.05) is 19.1 Å². The molecule has 8 heteroatoms. The van der Waals surface area contributed by atoms with Gasteiger partial charge in [0, 0.05) is 58.0 Å². The molecule has 0 bridgehead atoms. The Bertz CT molecular complexity index is 1100. The Balaban J connectivity index is 1.38. The minimum Gasteiger partial charge on any atom is -0.356 e. The maximum absolute atomic E-state index is 13.2. The summed E-state index contributed by atoms with van der Waals surface area (Å²) in [5.41, 5.74) is 1.45. The molecule has 3 heterocycles. The molecule has 164 valence electrons. The van der Waals surface area contributed by atoms with Crippen molar-refractivity contribution in [1.29, 1.82) is 0 Å². The third-order valence-corrected chi connectivity index (χ3v) is 5.82. The van der Waals surface area contributed by atoms with Gasteiger partial charge in [0.05, 0.1) is 11.0 Å². The zero-order valence-electron chi connectivity index (χ0n) is 18.1. The summed E-state index contributed by atoms with van der Waals surface area (Å²) in [6.07, 6.45) is 7.94. The molecule has 1 amide bonds. The van der Waals surface area contributed by atoms with Crippen molar-refractivity contribution in [2.75, 3.05) is 24.5 Å². The van der Waals surface area contributed by atoms with E-state index in [9.17, 15) is 9.59 Å². The minimum atomic E-state index is -0.111. The lowest BCUT2D eigenvalue weighted by molar-refractivity contribution is -0.121. The molecule has 0 unspecified atom stereocenters. The van der Waals surface area contributed by atoms with Crippen LogP contribution in [0, 0.1) is 0 Å². The van der Waals surface area contributed by atoms with Crippen molar-refractivity contribution in [3.8, 4) is 0 Å². The first-order chi connectivity index (χ1) is 15.2. The molecule has 1 aliphatic heterocycles. The maximum Gasteiger partial charge on any atom is 0.294 e. The van der Waals surface area contributed by atoms with E-state index in [1.54, 1.807) is 4.57 Å². The lowest BCUT2D eigenvalue weighted by Gasteiger charge is -2.19. The average molecular weight is 423 g/mol. The van der Waals surface area contributed by atoms with Crippen LogP contribution >= 0.6 is 0 Å². The van der Waals surface area contributed by atoms with E-state index in [1.807, 2.05) is 36.7 Å². The number of carbonyl (C=O) groups excluding carboxylic acids is 1. The molecule has 1 aromatic carbocycles. The van der Waals surface area contributed by atoms with Crippen LogP contribution in [0.1, 0.15) is 38.4 Å². The number of nitrogens with zero attached hydrogens (tertiary/aromatic N) is 5. The molecule has 2 aromatic heterocycles. The van der Waals surface area contributed by atoms with Gasteiger partial charge >= 0.3 is 0 Å². The summed E-state index contributed by atoms with van der Waals surface area (Å²) >= 11 is 0. The second kappa shape index (κ2) is 9.76. The van der Waals surface area contributed by atoms with Crippen LogP contribution in [0.25, 0.3) is 11.0 Å². The third-order valence-electron chi connectivity index (χ3n) is 5.82. The van der Waals surface area contributed by atoms with Crippen molar-refractivity contribution in [3.63, 3.8) is 0 Å². The Morgan fingerprint density at radius 1 is 1.16 bits per heavy atom. The molecular weight excluding hydrogens is 392 g/mol. The Morgan fingerprint density at radius 3 is 2.77 bits per heavy atom. The highest BCUT2D eigenvalue weighted by Crippen LogP contribution is 2.18. The highest BCUT2D eigenvalue weighted by atomic mass is 16.2. The molecule has 1 fully saturated rings. The van der Waals surface area contributed by atoms with Gasteiger partial charge in [-0.25, -0.2) is 9.97 Å². The highest BCUT2D eigenvalue weighted by Gasteiger charge is 2.20. The number of carbonyl (C=O) groups is 1. The summed E-state index contributed by atoms with van der Waals surface area (Å²) in [5, 5.41) is 2.98. The smallest absolute Gasteiger partial charge is 0.294 e. The first-order valence-electron chi connectivity index (χ1n) is 11.2. The number of hydrogen-bond donors (Lipinski definition) is 1. The molecule has 1 aliphatic rings. The average Bonchev–Trinajstić information content (AvgIpc) is 3.47. The van der Waals surface area contributed by atoms with E-state index in [2.05, 4.69) is 31.7 Å². The summed E-state index contributed by atoms with van der Waals surface area (Å²) in [7, 11) is 0. The van der Waals surface area contributed by atoms with E-state index in [4.69, 9.17) is 0 Å². The summed E-state index contributed by atoms with van der Waals surface area (Å²) < 4.78 is 3.82. The number of rotatable bonds is 9. The van der Waals surface area contributed by atoms with Crippen LogP contribution in [0.4, 0.5) is 5.82 Å². The summed E-state index contributed by atoms with van der Waals surface area (Å²) in [5.74, 6) is 1.52. The number of aryl methyl sites for hydroxylation is 3. The fourth-order valence-electron chi connectivity index (χ4n) is 4.17. The van der Waals surface area contributed by atoms with Crippen LogP contribution < -0.4 is 15.8 Å². The minimum absolute atomic E-state index is 0.0446. The molecule has 0 radical (unpaired) electrons. The van der Waals surface area contributed by atoms with E-state index in [-0.39, 0.29) is 17.9 Å². The van der Waals surface area contributed by atoms with Gasteiger partial charge in [-0.15, -0.1) is 0 Å². The number of anilines is 1. The molecule has 8 nitrogen and oxygen atoms in total. The third kappa shape index (κ3) is 4.78. The number of nitrogens with one attached hydrogen (secondary N) is 1. The largest absolute Gasteiger partial charge is 0.356 e. The molecular formula is C23H30N6O2. The van der Waals surface area contributed by atoms with E-state index >= 15 is 0 Å². The summed E-state index contributed by atoms with van der Waals surface area (Å²) in [4.78, 5) is 36.6. The van der Waals surface area contributed by atoms with Gasteiger partial charge in [0.2, 0.25) is 5.91 Å². The van der Waals surface area contributed by atoms with Crippen LogP contribution in [0.3, 0.4) is 0 Å². The van der Waals surface area contributed by atoms with Gasteiger partial charge < -0.3 is 19.4 Å². The summed E-state index contributed by atoms with van der Waals surface area (Å²) in [6.45, 7) is 5.58. The second-order valence-electron chi connectivity index (χ2n) is 7.92. The zero-order chi connectivity index (χ0) is 21.6. The molecule has 0 saturated carbocycles. The lowest BCUT2D eigenvalue weighted by Crippen LogP contribution is -2.33. The van der Waals surface area contributed by atoms with Crippen LogP contribution in [-0.4, -0.2) is 44.6 Å². The van der Waals surface area contributed by atoms with Gasteiger partial charge in [-0.05, 0) is 31.4 Å². The Morgan fingerprint density at radius 2 is 1.97 bits per heavy atom. The van der Waals surface area contributed by atoms with Crippen molar-refractivity contribution in [2.24, 2.45) is 0 Å². The van der Waals surface area contributed by atoms with Crippen molar-refractivity contribution < 1.29 is 4.79 Å². The first-order valence-corrected chi connectivity index (χ1v) is 11.2. The van der Waals surface area contributed by atoms with Crippen LogP contribution in [0.5, 0.6) is 0 Å². The Kier molecular flexibility index (Phi) is 6.64. The normalized spacial score (nSPS) is 13.8. The maximum atomic E-state index is 13.2. The molecule has 4 rings (SSSR count). The van der Waals surface area contributed by atoms with E-state index in [0.717, 1.165) is 62.2 Å². The molecule has 31 heavy (non-hydrogen) atoms. The van der Waals surface area contributed by atoms with Crippen molar-refractivity contribution in [1.82, 2.24) is 24.4 Å². The van der Waals surface area contributed by atoms with Crippen molar-refractivity contribution in [2.45, 2.75) is 52.1 Å². The SMILES string of the molecule is CCc1nccn1CCCNC(=O)CCn1c(=O)c(N2CCCC2)nc2ccccc21. The second-order valence-corrected chi connectivity index (χ2v) is 7.92. The summed E-state index contributed by atoms with van der Waals surface area (Å²) in [6, 6.07) is 7.64. The highest BCUT2D eigenvalue weighted by molar-refractivity contribution is 5.78. The zero-order valence-corrected chi connectivity index (χ0v) is 18.1. The van der Waals surface area contributed by atoms with E-state index in [1.165, 1.54) is 0 Å². The van der Waals surface area contributed by atoms with E-state index < -0.39 is 0 Å². The fourth-order valence-corrected chi connectivity index (χ4v) is 4.17. The van der Waals surface area contributed by atoms with Gasteiger partial charge in [-0.2, -0.15) is 0 Å². The van der Waals surface area contributed by atoms with Crippen LogP contribution in [0.2, 0.25) is 0 Å². The Hall–Kier alpha value is -3.16. The number of hydrogen-bond acceptors (Lipinski definition) is 5. The topological polar surface area (TPSA) is 85.0 Å². The van der Waals surface area contributed by atoms with Gasteiger partial charge in [0.25, 0.3) is 5.56 Å².